The summed E-state index contributed by atoms with van der Waals surface area (Å²) in [6.45, 7) is 4.22. The van der Waals surface area contributed by atoms with Gasteiger partial charge in [0.05, 0.1) is 30.3 Å². The molecule has 6 heteroatoms. The summed E-state index contributed by atoms with van der Waals surface area (Å²) < 4.78 is 11.9. The summed E-state index contributed by atoms with van der Waals surface area (Å²) in [5, 5.41) is 20.5. The third-order valence-electron chi connectivity index (χ3n) is 6.01. The predicted molar refractivity (Wildman–Crippen MR) is 90.0 cm³/mol. The topological polar surface area (TPSA) is 104 Å². The van der Waals surface area contributed by atoms with Gasteiger partial charge in [0.2, 0.25) is 0 Å². The second kappa shape index (κ2) is 4.82. The minimum absolute atomic E-state index is 0.142. The van der Waals surface area contributed by atoms with Gasteiger partial charge < -0.3 is 15.2 Å². The molecule has 3 aliphatic rings. The fourth-order valence-electron chi connectivity index (χ4n) is 5.23. The van der Waals surface area contributed by atoms with E-state index in [2.05, 4.69) is 17.1 Å². The Kier molecular flexibility index (Phi) is 3.10. The lowest BCUT2D eigenvalue weighted by molar-refractivity contribution is -0.197. The number of nitrogens with two attached hydrogens (primary N) is 1. The molecule has 0 amide bonds. The Bertz CT molecular complexity index is 841. The van der Waals surface area contributed by atoms with Crippen LogP contribution in [0.25, 0.3) is 0 Å². The lowest BCUT2D eigenvalue weighted by atomic mass is 9.79. The van der Waals surface area contributed by atoms with Crippen LogP contribution in [0.5, 0.6) is 0 Å². The Morgan fingerprint density at radius 1 is 1.28 bits per heavy atom. The zero-order valence-electron chi connectivity index (χ0n) is 14.3. The van der Waals surface area contributed by atoms with Crippen molar-refractivity contribution in [2.24, 2.45) is 21.6 Å². The van der Waals surface area contributed by atoms with Crippen LogP contribution in [0.3, 0.4) is 0 Å². The van der Waals surface area contributed by atoms with Gasteiger partial charge in [0.15, 0.2) is 10.8 Å². The monoisotopic (exact) mass is 336 g/mol. The van der Waals surface area contributed by atoms with Crippen molar-refractivity contribution in [1.29, 1.82) is 10.5 Å². The minimum atomic E-state index is -1.51. The Morgan fingerprint density at radius 2 is 2.00 bits per heavy atom. The van der Waals surface area contributed by atoms with Crippen molar-refractivity contribution in [1.82, 2.24) is 0 Å². The molecule has 2 N–H and O–H groups in total. The van der Waals surface area contributed by atoms with Crippen LogP contribution in [0.1, 0.15) is 32.3 Å². The summed E-state index contributed by atoms with van der Waals surface area (Å²) >= 11 is 0. The van der Waals surface area contributed by atoms with Crippen LogP contribution in [-0.4, -0.2) is 24.5 Å². The van der Waals surface area contributed by atoms with E-state index >= 15 is 0 Å². The Hall–Kier alpha value is -2.41. The molecule has 2 fully saturated rings. The van der Waals surface area contributed by atoms with Gasteiger partial charge >= 0.3 is 0 Å². The number of aliphatic imine (C=N–C) groups is 1. The highest BCUT2D eigenvalue weighted by Crippen LogP contribution is 2.87. The van der Waals surface area contributed by atoms with E-state index in [1.807, 2.05) is 44.2 Å². The largest absolute Gasteiger partial charge is 0.386 e. The van der Waals surface area contributed by atoms with E-state index in [0.717, 1.165) is 12.0 Å². The summed E-state index contributed by atoms with van der Waals surface area (Å²) in [6, 6.07) is 14.4. The standard InChI is InChI=1S/C19H20N4O2/c1-3-9-16(14-7-5-4-6-8-14)17(11-20)15(22)23-19(18(16,17)12-21)24-10-13(2)25-19/h4-8,13H,3,9-10H2,1-2H3,(H2,22,23)/t13-,16-,17-,18+,19+/m0/s1. The lowest BCUT2D eigenvalue weighted by Gasteiger charge is -2.31. The van der Waals surface area contributed by atoms with Gasteiger partial charge in [-0.1, -0.05) is 43.7 Å². The first-order chi connectivity index (χ1) is 12.0. The Morgan fingerprint density at radius 3 is 2.52 bits per heavy atom. The maximum absolute atomic E-state index is 10.3. The average molecular weight is 336 g/mol. The van der Waals surface area contributed by atoms with Gasteiger partial charge in [0.25, 0.3) is 5.91 Å². The summed E-state index contributed by atoms with van der Waals surface area (Å²) in [7, 11) is 0. The van der Waals surface area contributed by atoms with Gasteiger partial charge in [0.1, 0.15) is 5.84 Å². The second-order valence-corrected chi connectivity index (χ2v) is 7.06. The second-order valence-electron chi connectivity index (χ2n) is 7.06. The van der Waals surface area contributed by atoms with Crippen molar-refractivity contribution in [3.8, 4) is 12.1 Å². The van der Waals surface area contributed by atoms with Crippen molar-refractivity contribution < 1.29 is 9.47 Å². The molecule has 1 aromatic rings. The summed E-state index contributed by atoms with van der Waals surface area (Å²) in [4.78, 5) is 4.39. The van der Waals surface area contributed by atoms with Crippen LogP contribution in [0, 0.1) is 33.5 Å². The number of fused-ring (bicyclic) bond motifs is 2. The van der Waals surface area contributed by atoms with E-state index in [0.29, 0.717) is 13.0 Å². The molecule has 0 bridgehead atoms. The number of amidine groups is 1. The summed E-state index contributed by atoms with van der Waals surface area (Å²) in [5.74, 6) is -1.37. The highest BCUT2D eigenvalue weighted by molar-refractivity contribution is 6.02. The molecule has 1 aliphatic carbocycles. The summed E-state index contributed by atoms with van der Waals surface area (Å²) in [6.07, 6.45) is 1.20. The molecule has 5 atom stereocenters. The number of hydrogen-bond acceptors (Lipinski definition) is 6. The molecule has 4 rings (SSSR count). The van der Waals surface area contributed by atoms with Crippen molar-refractivity contribution in [2.75, 3.05) is 6.61 Å². The van der Waals surface area contributed by atoms with Crippen LogP contribution in [0.2, 0.25) is 0 Å². The molecule has 25 heavy (non-hydrogen) atoms. The van der Waals surface area contributed by atoms with Gasteiger partial charge in [-0.05, 0) is 18.9 Å². The molecule has 1 saturated heterocycles. The Balaban J connectivity index is 2.03. The molecule has 1 spiro atoms. The highest BCUT2D eigenvalue weighted by atomic mass is 16.8. The van der Waals surface area contributed by atoms with E-state index in [4.69, 9.17) is 15.2 Å². The first kappa shape index (κ1) is 16.1. The molecular weight excluding hydrogens is 316 g/mol. The van der Waals surface area contributed by atoms with Crippen LogP contribution < -0.4 is 5.73 Å². The first-order valence-corrected chi connectivity index (χ1v) is 8.57. The zero-order chi connectivity index (χ0) is 17.9. The number of nitrogens with zero attached hydrogens (tertiary/aromatic N) is 3. The fourth-order valence-corrected chi connectivity index (χ4v) is 5.23. The molecular formula is C19H20N4O2. The normalized spacial score (nSPS) is 44.0. The summed E-state index contributed by atoms with van der Waals surface area (Å²) in [5.41, 5.74) is 3.87. The van der Waals surface area contributed by atoms with Crippen LogP contribution in [-0.2, 0) is 14.9 Å². The van der Waals surface area contributed by atoms with Crippen molar-refractivity contribution in [3.63, 3.8) is 0 Å². The van der Waals surface area contributed by atoms with E-state index in [1.165, 1.54) is 0 Å². The van der Waals surface area contributed by atoms with Gasteiger partial charge in [-0.2, -0.15) is 10.5 Å². The van der Waals surface area contributed by atoms with Gasteiger partial charge in [-0.15, -0.1) is 0 Å². The van der Waals surface area contributed by atoms with Crippen molar-refractivity contribution in [3.05, 3.63) is 35.9 Å². The number of hydrogen-bond donors (Lipinski definition) is 1. The molecule has 2 heterocycles. The van der Waals surface area contributed by atoms with E-state index in [9.17, 15) is 10.5 Å². The number of benzene rings is 1. The zero-order valence-corrected chi connectivity index (χ0v) is 14.3. The molecule has 0 radical (unpaired) electrons. The number of nitriles is 2. The quantitative estimate of drug-likeness (QED) is 0.911. The SMILES string of the molecule is CCC[C@]1(c2ccccc2)[C@]2(C#N)C(N)=N[C@@]3(OC[C@H](C)O3)[C@@]21C#N. The van der Waals surface area contributed by atoms with E-state index in [-0.39, 0.29) is 11.9 Å². The Labute approximate surface area is 146 Å². The molecule has 1 saturated carbocycles. The maximum atomic E-state index is 10.3. The number of rotatable bonds is 3. The van der Waals surface area contributed by atoms with Crippen LogP contribution >= 0.6 is 0 Å². The fraction of sp³-hybridized carbons (Fsp3) is 0.526. The molecule has 128 valence electrons. The molecule has 6 nitrogen and oxygen atoms in total. The van der Waals surface area contributed by atoms with Crippen LogP contribution in [0.4, 0.5) is 0 Å². The van der Waals surface area contributed by atoms with Crippen molar-refractivity contribution >= 4 is 5.84 Å². The lowest BCUT2D eigenvalue weighted by Crippen LogP contribution is -2.43. The highest BCUT2D eigenvalue weighted by Gasteiger charge is 3.01. The molecule has 1 aromatic carbocycles. The van der Waals surface area contributed by atoms with E-state index in [1.54, 1.807) is 0 Å². The van der Waals surface area contributed by atoms with E-state index < -0.39 is 22.2 Å². The number of ether oxygens (including phenoxy) is 2. The smallest absolute Gasteiger partial charge is 0.294 e. The van der Waals surface area contributed by atoms with Crippen LogP contribution in [0.15, 0.2) is 35.3 Å². The molecule has 0 unspecified atom stereocenters. The first-order valence-electron chi connectivity index (χ1n) is 8.57. The van der Waals surface area contributed by atoms with Crippen molar-refractivity contribution in [2.45, 2.75) is 44.1 Å². The third kappa shape index (κ3) is 1.38. The van der Waals surface area contributed by atoms with Gasteiger partial charge in [0, 0.05) is 0 Å². The minimum Gasteiger partial charge on any atom is -0.386 e. The predicted octanol–water partition coefficient (Wildman–Crippen LogP) is 2.22. The van der Waals surface area contributed by atoms with Gasteiger partial charge in [-0.3, -0.25) is 0 Å². The molecule has 0 aromatic heterocycles. The molecule has 2 aliphatic heterocycles. The van der Waals surface area contributed by atoms with Gasteiger partial charge in [-0.25, -0.2) is 4.99 Å². The maximum Gasteiger partial charge on any atom is 0.294 e. The third-order valence-corrected chi connectivity index (χ3v) is 6.01. The average Bonchev–Trinajstić information content (AvgIpc) is 2.83.